The Hall–Kier alpha value is -2.35. The molecule has 156 valence electrons. The molecule has 1 saturated carbocycles. The lowest BCUT2D eigenvalue weighted by molar-refractivity contribution is -0.146. The predicted molar refractivity (Wildman–Crippen MR) is 112 cm³/mol. The number of hydrogen-bond donors (Lipinski definition) is 1. The largest absolute Gasteiger partial charge is 0.455 e. The van der Waals surface area contributed by atoms with E-state index < -0.39 is 5.97 Å². The van der Waals surface area contributed by atoms with Crippen LogP contribution in [0.2, 0.25) is 0 Å². The molecular weight excluding hydrogens is 388 g/mol. The normalized spacial score (nSPS) is 19.0. The minimum atomic E-state index is -0.436. The van der Waals surface area contributed by atoms with Crippen LogP contribution in [-0.2, 0) is 20.9 Å². The fourth-order valence-corrected chi connectivity index (χ4v) is 4.29. The van der Waals surface area contributed by atoms with Gasteiger partial charge in [0.1, 0.15) is 5.82 Å². The highest BCUT2D eigenvalue weighted by molar-refractivity contribution is 7.99. The summed E-state index contributed by atoms with van der Waals surface area (Å²) in [6.07, 6.45) is 4.47. The zero-order chi connectivity index (χ0) is 20.6. The highest BCUT2D eigenvalue weighted by atomic mass is 32.2. The highest BCUT2D eigenvalue weighted by Gasteiger charge is 2.23. The number of thioether (sulfide) groups is 1. The van der Waals surface area contributed by atoms with Crippen molar-refractivity contribution in [2.75, 3.05) is 12.4 Å². The average molecular weight is 417 g/mol. The van der Waals surface area contributed by atoms with Crippen molar-refractivity contribution in [2.24, 2.45) is 5.92 Å². The number of amides is 1. The third-order valence-electron chi connectivity index (χ3n) is 5.23. The summed E-state index contributed by atoms with van der Waals surface area (Å²) in [4.78, 5) is 24.1. The number of nitrogens with one attached hydrogen (secondary N) is 1. The van der Waals surface area contributed by atoms with Gasteiger partial charge in [-0.15, -0.1) is 10.2 Å². The monoisotopic (exact) mass is 416 g/mol. The molecule has 1 aromatic carbocycles. The number of nitrogens with zero attached hydrogens (tertiary/aromatic N) is 3. The van der Waals surface area contributed by atoms with Gasteiger partial charge in [0.15, 0.2) is 11.8 Å². The molecule has 2 atom stereocenters. The van der Waals surface area contributed by atoms with Crippen molar-refractivity contribution >= 4 is 23.6 Å². The third-order valence-corrected chi connectivity index (χ3v) is 6.17. The van der Waals surface area contributed by atoms with Crippen LogP contribution in [0.5, 0.6) is 0 Å². The summed E-state index contributed by atoms with van der Waals surface area (Å²) in [5.41, 5.74) is 1.13. The van der Waals surface area contributed by atoms with Gasteiger partial charge in [0, 0.05) is 6.04 Å². The molecule has 29 heavy (non-hydrogen) atoms. The molecule has 1 aliphatic rings. The van der Waals surface area contributed by atoms with Gasteiger partial charge in [-0.05, 0) is 31.2 Å². The lowest BCUT2D eigenvalue weighted by atomic mass is 9.86. The van der Waals surface area contributed by atoms with E-state index in [1.807, 2.05) is 41.8 Å². The molecule has 0 radical (unpaired) electrons. The number of carbonyl (C=O) groups is 2. The van der Waals surface area contributed by atoms with Gasteiger partial charge in [0.05, 0.1) is 12.3 Å². The molecule has 1 amide bonds. The minimum absolute atomic E-state index is 0.0834. The molecule has 1 aliphatic carbocycles. The van der Waals surface area contributed by atoms with Crippen LogP contribution >= 0.6 is 11.8 Å². The Morgan fingerprint density at radius 3 is 2.72 bits per heavy atom. The first-order valence-electron chi connectivity index (χ1n) is 10.0. The molecule has 1 aromatic heterocycles. The fraction of sp³-hybridized carbons (Fsp3) is 0.524. The molecule has 0 spiro atoms. The Balaban J connectivity index is 1.44. The number of ether oxygens (including phenoxy) is 1. The summed E-state index contributed by atoms with van der Waals surface area (Å²) in [7, 11) is 0. The topological polar surface area (TPSA) is 86.1 Å². The summed E-state index contributed by atoms with van der Waals surface area (Å²) in [5.74, 6) is 0.669. The quantitative estimate of drug-likeness (QED) is 0.526. The van der Waals surface area contributed by atoms with Crippen molar-refractivity contribution in [3.8, 4) is 0 Å². The van der Waals surface area contributed by atoms with Crippen LogP contribution in [0, 0.1) is 12.8 Å². The number of benzene rings is 1. The second-order valence-corrected chi connectivity index (χ2v) is 8.43. The molecule has 1 heterocycles. The molecule has 7 nitrogen and oxygen atoms in total. The van der Waals surface area contributed by atoms with Crippen LogP contribution in [0.3, 0.4) is 0 Å². The first-order valence-corrected chi connectivity index (χ1v) is 11.0. The molecule has 1 fully saturated rings. The van der Waals surface area contributed by atoms with Gasteiger partial charge in [-0.1, -0.05) is 61.9 Å². The van der Waals surface area contributed by atoms with Gasteiger partial charge in [0.25, 0.3) is 5.91 Å². The Morgan fingerprint density at radius 2 is 1.97 bits per heavy atom. The van der Waals surface area contributed by atoms with Crippen LogP contribution in [0.4, 0.5) is 0 Å². The van der Waals surface area contributed by atoms with E-state index in [1.54, 1.807) is 0 Å². The second-order valence-electron chi connectivity index (χ2n) is 7.49. The molecule has 8 heteroatoms. The van der Waals surface area contributed by atoms with E-state index in [4.69, 9.17) is 4.74 Å². The number of rotatable bonds is 8. The van der Waals surface area contributed by atoms with Gasteiger partial charge < -0.3 is 14.6 Å². The van der Waals surface area contributed by atoms with Crippen LogP contribution in [0.15, 0.2) is 35.5 Å². The van der Waals surface area contributed by atoms with Crippen molar-refractivity contribution in [3.63, 3.8) is 0 Å². The molecule has 3 rings (SSSR count). The number of aromatic nitrogens is 3. The Morgan fingerprint density at radius 1 is 1.21 bits per heavy atom. The van der Waals surface area contributed by atoms with E-state index in [-0.39, 0.29) is 24.3 Å². The van der Waals surface area contributed by atoms with Crippen LogP contribution in [-0.4, -0.2) is 45.0 Å². The maximum absolute atomic E-state index is 12.1. The number of hydrogen-bond acceptors (Lipinski definition) is 6. The molecule has 2 aromatic rings. The van der Waals surface area contributed by atoms with Crippen molar-refractivity contribution in [2.45, 2.75) is 57.3 Å². The van der Waals surface area contributed by atoms with Gasteiger partial charge in [-0.25, -0.2) is 0 Å². The Kier molecular flexibility index (Phi) is 7.69. The smallest absolute Gasteiger partial charge is 0.316 e. The van der Waals surface area contributed by atoms with Crippen molar-refractivity contribution < 1.29 is 14.3 Å². The lowest BCUT2D eigenvalue weighted by Gasteiger charge is -2.29. The summed E-state index contributed by atoms with van der Waals surface area (Å²) in [6.45, 7) is 4.44. The predicted octanol–water partition coefficient (Wildman–Crippen LogP) is 2.97. The molecule has 0 bridgehead atoms. The first kappa shape index (κ1) is 21.4. The summed E-state index contributed by atoms with van der Waals surface area (Å²) in [6, 6.07) is 10.2. The molecule has 0 aliphatic heterocycles. The number of carbonyl (C=O) groups excluding carboxylic acids is 2. The standard InChI is InChI=1S/C21H28N4O3S/c1-15-8-6-7-11-18(15)22-19(26)13-28-20(27)14-29-21-24-23-16(2)25(21)12-17-9-4-3-5-10-17/h3-5,9-10,15,18H,6-8,11-14H2,1-2H3,(H,22,26)/t15-,18+/m0/s1. The van der Waals surface area contributed by atoms with Crippen molar-refractivity contribution in [1.82, 2.24) is 20.1 Å². The van der Waals surface area contributed by atoms with Gasteiger partial charge >= 0.3 is 5.97 Å². The zero-order valence-electron chi connectivity index (χ0n) is 17.0. The second kappa shape index (κ2) is 10.4. The van der Waals surface area contributed by atoms with Crippen molar-refractivity contribution in [3.05, 3.63) is 41.7 Å². The van der Waals surface area contributed by atoms with Crippen molar-refractivity contribution in [1.29, 1.82) is 0 Å². The van der Waals surface area contributed by atoms with Gasteiger partial charge in [-0.2, -0.15) is 0 Å². The minimum Gasteiger partial charge on any atom is -0.455 e. The van der Waals surface area contributed by atoms with E-state index in [0.717, 1.165) is 30.7 Å². The zero-order valence-corrected chi connectivity index (χ0v) is 17.8. The number of aryl methyl sites for hydroxylation is 1. The molecular formula is C21H28N4O3S. The maximum Gasteiger partial charge on any atom is 0.316 e. The molecule has 0 unspecified atom stereocenters. The van der Waals surface area contributed by atoms with E-state index in [9.17, 15) is 9.59 Å². The third kappa shape index (κ3) is 6.32. The molecule has 1 N–H and O–H groups in total. The molecule has 0 saturated heterocycles. The number of esters is 1. The maximum atomic E-state index is 12.1. The van der Waals surface area contributed by atoms with Gasteiger partial charge in [0.2, 0.25) is 0 Å². The SMILES string of the molecule is Cc1nnc(SCC(=O)OCC(=O)N[C@@H]2CCCC[C@@H]2C)n1Cc1ccccc1. The van der Waals surface area contributed by atoms with E-state index in [2.05, 4.69) is 22.4 Å². The van der Waals surface area contributed by atoms with Crippen LogP contribution < -0.4 is 5.32 Å². The summed E-state index contributed by atoms with van der Waals surface area (Å²) >= 11 is 1.27. The van der Waals surface area contributed by atoms with E-state index >= 15 is 0 Å². The Labute approximate surface area is 175 Å². The highest BCUT2D eigenvalue weighted by Crippen LogP contribution is 2.23. The summed E-state index contributed by atoms with van der Waals surface area (Å²) in [5, 5.41) is 11.9. The van der Waals surface area contributed by atoms with Crippen LogP contribution in [0.25, 0.3) is 0 Å². The van der Waals surface area contributed by atoms with E-state index in [0.29, 0.717) is 17.6 Å². The Bertz CT molecular complexity index is 825. The van der Waals surface area contributed by atoms with E-state index in [1.165, 1.54) is 18.2 Å². The van der Waals surface area contributed by atoms with Crippen LogP contribution in [0.1, 0.15) is 44.0 Å². The fourth-order valence-electron chi connectivity index (χ4n) is 3.51. The van der Waals surface area contributed by atoms with Gasteiger partial charge in [-0.3, -0.25) is 9.59 Å². The first-order chi connectivity index (χ1) is 14.0. The lowest BCUT2D eigenvalue weighted by Crippen LogP contribution is -2.43. The summed E-state index contributed by atoms with van der Waals surface area (Å²) < 4.78 is 7.10. The average Bonchev–Trinajstić information content (AvgIpc) is 3.07.